The molecule has 0 aliphatic rings. The summed E-state index contributed by atoms with van der Waals surface area (Å²) in [5.74, 6) is 0.0230. The molecule has 25 heavy (non-hydrogen) atoms. The number of ether oxygens (including phenoxy) is 1. The average molecular weight is 358 g/mol. The molecule has 2 amide bonds. The van der Waals surface area contributed by atoms with E-state index in [0.29, 0.717) is 11.3 Å². The molecule has 0 bridgehead atoms. The van der Waals surface area contributed by atoms with E-state index in [0.717, 1.165) is 11.3 Å². The van der Waals surface area contributed by atoms with E-state index in [2.05, 4.69) is 10.6 Å². The molecule has 2 aromatic rings. The summed E-state index contributed by atoms with van der Waals surface area (Å²) in [6.07, 6.45) is 2.49. The van der Waals surface area contributed by atoms with Crippen molar-refractivity contribution < 1.29 is 14.3 Å². The standard InChI is InChI=1S/C19H22N2O3S/c1-4-13(2)20-19(23)17(12-16-6-5-11-25-16)21-18(22)14-7-9-15(24-3)10-8-14/h5-13H,4H2,1-3H3,(H,20,23)(H,21,22)/b17-12-/t13-/m0/s1. The Morgan fingerprint density at radius 2 is 1.96 bits per heavy atom. The van der Waals surface area contributed by atoms with Gasteiger partial charge in [0.25, 0.3) is 11.8 Å². The fraction of sp³-hybridized carbons (Fsp3) is 0.263. The summed E-state index contributed by atoms with van der Waals surface area (Å²) in [5, 5.41) is 7.51. The molecule has 0 saturated heterocycles. The van der Waals surface area contributed by atoms with Gasteiger partial charge in [0.2, 0.25) is 0 Å². The molecule has 2 rings (SSSR count). The van der Waals surface area contributed by atoms with Crippen LogP contribution in [0.25, 0.3) is 6.08 Å². The zero-order chi connectivity index (χ0) is 18.2. The van der Waals surface area contributed by atoms with Gasteiger partial charge in [-0.3, -0.25) is 9.59 Å². The van der Waals surface area contributed by atoms with Gasteiger partial charge in [-0.1, -0.05) is 13.0 Å². The van der Waals surface area contributed by atoms with Crippen molar-refractivity contribution in [1.29, 1.82) is 0 Å². The number of methoxy groups -OCH3 is 1. The second-order valence-corrected chi connectivity index (χ2v) is 6.52. The van der Waals surface area contributed by atoms with Gasteiger partial charge in [0.1, 0.15) is 11.4 Å². The molecule has 1 atom stereocenters. The molecule has 0 fully saturated rings. The Bertz CT molecular complexity index is 737. The Balaban J connectivity index is 2.19. The van der Waals surface area contributed by atoms with E-state index in [1.807, 2.05) is 31.4 Å². The van der Waals surface area contributed by atoms with E-state index in [1.165, 1.54) is 11.3 Å². The summed E-state index contributed by atoms with van der Waals surface area (Å²) in [6.45, 7) is 3.91. The van der Waals surface area contributed by atoms with Crippen molar-refractivity contribution in [1.82, 2.24) is 10.6 Å². The predicted octanol–water partition coefficient (Wildman–Crippen LogP) is 3.44. The highest BCUT2D eigenvalue weighted by atomic mass is 32.1. The van der Waals surface area contributed by atoms with Crippen molar-refractivity contribution in [3.63, 3.8) is 0 Å². The van der Waals surface area contributed by atoms with Gasteiger partial charge in [0, 0.05) is 16.5 Å². The third-order valence-electron chi connectivity index (χ3n) is 3.66. The lowest BCUT2D eigenvalue weighted by Gasteiger charge is -2.14. The Morgan fingerprint density at radius 1 is 1.24 bits per heavy atom. The van der Waals surface area contributed by atoms with Crippen molar-refractivity contribution in [3.05, 3.63) is 57.9 Å². The lowest BCUT2D eigenvalue weighted by Crippen LogP contribution is -2.38. The minimum absolute atomic E-state index is 0.0251. The van der Waals surface area contributed by atoms with Gasteiger partial charge in [-0.05, 0) is 55.1 Å². The van der Waals surface area contributed by atoms with Gasteiger partial charge in [-0.25, -0.2) is 0 Å². The van der Waals surface area contributed by atoms with Crippen molar-refractivity contribution in [2.24, 2.45) is 0 Å². The highest BCUT2D eigenvalue weighted by molar-refractivity contribution is 7.10. The largest absolute Gasteiger partial charge is 0.497 e. The molecule has 132 valence electrons. The van der Waals surface area contributed by atoms with Crippen LogP contribution in [0.3, 0.4) is 0 Å². The molecular formula is C19H22N2O3S. The molecule has 2 N–H and O–H groups in total. The van der Waals surface area contributed by atoms with Crippen molar-refractivity contribution in [2.75, 3.05) is 7.11 Å². The molecular weight excluding hydrogens is 336 g/mol. The van der Waals surface area contributed by atoms with Gasteiger partial charge in [0.15, 0.2) is 0 Å². The molecule has 6 heteroatoms. The third-order valence-corrected chi connectivity index (χ3v) is 4.48. The lowest BCUT2D eigenvalue weighted by atomic mass is 10.2. The summed E-state index contributed by atoms with van der Waals surface area (Å²) in [7, 11) is 1.57. The average Bonchev–Trinajstić information content (AvgIpc) is 3.14. The van der Waals surface area contributed by atoms with Crippen LogP contribution in [0.5, 0.6) is 5.75 Å². The third kappa shape index (κ3) is 5.46. The van der Waals surface area contributed by atoms with E-state index < -0.39 is 0 Å². The number of carbonyl (C=O) groups is 2. The minimum atomic E-state index is -0.343. The first-order valence-electron chi connectivity index (χ1n) is 8.05. The SMILES string of the molecule is CC[C@H](C)NC(=O)/C(=C/c1cccs1)NC(=O)c1ccc(OC)cc1. The van der Waals surface area contributed by atoms with Crippen LogP contribution in [0.2, 0.25) is 0 Å². The van der Waals surface area contributed by atoms with Crippen molar-refractivity contribution in [3.8, 4) is 5.75 Å². The predicted molar refractivity (Wildman–Crippen MR) is 101 cm³/mol. The van der Waals surface area contributed by atoms with Gasteiger partial charge in [-0.2, -0.15) is 0 Å². The fourth-order valence-corrected chi connectivity index (χ4v) is 2.67. The van der Waals surface area contributed by atoms with Crippen LogP contribution in [0.4, 0.5) is 0 Å². The molecule has 1 aromatic heterocycles. The van der Waals surface area contributed by atoms with E-state index >= 15 is 0 Å². The normalized spacial score (nSPS) is 12.4. The second kappa shape index (κ2) is 9.03. The van der Waals surface area contributed by atoms with E-state index in [9.17, 15) is 9.59 Å². The minimum Gasteiger partial charge on any atom is -0.497 e. The number of carbonyl (C=O) groups excluding carboxylic acids is 2. The van der Waals surface area contributed by atoms with Crippen molar-refractivity contribution >= 4 is 29.2 Å². The van der Waals surface area contributed by atoms with E-state index in [4.69, 9.17) is 4.74 Å². The first-order valence-corrected chi connectivity index (χ1v) is 8.93. The molecule has 5 nitrogen and oxygen atoms in total. The van der Waals surface area contributed by atoms with Crippen LogP contribution in [0.1, 0.15) is 35.5 Å². The maximum absolute atomic E-state index is 12.5. The number of hydrogen-bond donors (Lipinski definition) is 2. The number of hydrogen-bond acceptors (Lipinski definition) is 4. The zero-order valence-electron chi connectivity index (χ0n) is 14.5. The maximum Gasteiger partial charge on any atom is 0.268 e. The van der Waals surface area contributed by atoms with E-state index in [-0.39, 0.29) is 23.6 Å². The number of nitrogens with one attached hydrogen (secondary N) is 2. The van der Waals surface area contributed by atoms with Crippen LogP contribution in [0.15, 0.2) is 47.5 Å². The highest BCUT2D eigenvalue weighted by Gasteiger charge is 2.16. The zero-order valence-corrected chi connectivity index (χ0v) is 15.4. The molecule has 0 radical (unpaired) electrons. The summed E-state index contributed by atoms with van der Waals surface area (Å²) < 4.78 is 5.09. The molecule has 1 aromatic carbocycles. The number of amides is 2. The smallest absolute Gasteiger partial charge is 0.268 e. The Kier molecular flexibility index (Phi) is 6.77. The lowest BCUT2D eigenvalue weighted by molar-refractivity contribution is -0.118. The number of thiophene rings is 1. The first kappa shape index (κ1) is 18.7. The van der Waals surface area contributed by atoms with Crippen LogP contribution < -0.4 is 15.4 Å². The number of benzene rings is 1. The quantitative estimate of drug-likeness (QED) is 0.745. The van der Waals surface area contributed by atoms with Crippen molar-refractivity contribution in [2.45, 2.75) is 26.3 Å². The van der Waals surface area contributed by atoms with Gasteiger partial charge < -0.3 is 15.4 Å². The maximum atomic E-state index is 12.5. The first-order chi connectivity index (χ1) is 12.0. The highest BCUT2D eigenvalue weighted by Crippen LogP contribution is 2.14. The summed E-state index contributed by atoms with van der Waals surface area (Å²) in [4.78, 5) is 25.9. The fourth-order valence-electron chi connectivity index (χ4n) is 2.01. The van der Waals surface area contributed by atoms with Crippen LogP contribution in [0, 0.1) is 0 Å². The number of rotatable bonds is 7. The molecule has 0 aliphatic carbocycles. The topological polar surface area (TPSA) is 67.4 Å². The Hall–Kier alpha value is -2.60. The second-order valence-electron chi connectivity index (χ2n) is 5.54. The van der Waals surface area contributed by atoms with Crippen LogP contribution in [-0.2, 0) is 4.79 Å². The molecule has 0 unspecified atom stereocenters. The summed E-state index contributed by atoms with van der Waals surface area (Å²) in [6, 6.07) is 10.5. The monoisotopic (exact) mass is 358 g/mol. The Labute approximate surface area is 151 Å². The summed E-state index contributed by atoms with van der Waals surface area (Å²) in [5.41, 5.74) is 0.679. The van der Waals surface area contributed by atoms with Crippen LogP contribution in [-0.4, -0.2) is 25.0 Å². The van der Waals surface area contributed by atoms with Gasteiger partial charge >= 0.3 is 0 Å². The van der Waals surface area contributed by atoms with E-state index in [1.54, 1.807) is 37.5 Å². The molecule has 0 spiro atoms. The van der Waals surface area contributed by atoms with Crippen LogP contribution >= 0.6 is 11.3 Å². The van der Waals surface area contributed by atoms with Gasteiger partial charge in [0.05, 0.1) is 7.11 Å². The Morgan fingerprint density at radius 3 is 2.52 bits per heavy atom. The molecule has 1 heterocycles. The summed E-state index contributed by atoms with van der Waals surface area (Å²) >= 11 is 1.50. The molecule has 0 saturated carbocycles. The molecule has 0 aliphatic heterocycles. The van der Waals surface area contributed by atoms with Gasteiger partial charge in [-0.15, -0.1) is 11.3 Å².